The Morgan fingerprint density at radius 3 is 2.41 bits per heavy atom. The quantitative estimate of drug-likeness (QED) is 0.225. The maximum atomic E-state index is 13.8. The highest BCUT2D eigenvalue weighted by molar-refractivity contribution is 6.12. The fraction of sp³-hybridized carbons (Fsp3) is 0.419. The van der Waals surface area contributed by atoms with Gasteiger partial charge in [-0.2, -0.15) is 0 Å². The molecule has 0 N–H and O–H groups in total. The first kappa shape index (κ1) is 26.7. The lowest BCUT2D eigenvalue weighted by molar-refractivity contribution is -0.123. The number of hydrogen-bond donors (Lipinski definition) is 0. The van der Waals surface area contributed by atoms with Crippen molar-refractivity contribution in [3.05, 3.63) is 66.8 Å². The molecule has 1 fully saturated rings. The Labute approximate surface area is 218 Å². The first-order valence-corrected chi connectivity index (χ1v) is 13.1. The Hall–Kier alpha value is -3.38. The van der Waals surface area contributed by atoms with Crippen molar-refractivity contribution in [3.8, 4) is 0 Å². The molecule has 3 aromatic rings. The summed E-state index contributed by atoms with van der Waals surface area (Å²) in [4.78, 5) is 28.5. The minimum absolute atomic E-state index is 0.0529. The number of rotatable bonds is 9. The number of anilines is 1. The Bertz CT molecular complexity index is 1310. The molecule has 1 saturated carbocycles. The van der Waals surface area contributed by atoms with Crippen LogP contribution < -0.4 is 4.90 Å². The van der Waals surface area contributed by atoms with Gasteiger partial charge in [-0.3, -0.25) is 4.79 Å². The predicted molar refractivity (Wildman–Crippen MR) is 148 cm³/mol. The highest BCUT2D eigenvalue weighted by Crippen LogP contribution is 2.39. The lowest BCUT2D eigenvalue weighted by Crippen LogP contribution is -2.43. The largest absolute Gasteiger partial charge is 0.465 e. The van der Waals surface area contributed by atoms with Gasteiger partial charge in [-0.1, -0.05) is 25.1 Å². The van der Waals surface area contributed by atoms with E-state index in [2.05, 4.69) is 20.1 Å². The van der Waals surface area contributed by atoms with Crippen molar-refractivity contribution in [1.29, 1.82) is 0 Å². The third-order valence-electron chi connectivity index (χ3n) is 7.33. The van der Waals surface area contributed by atoms with Crippen molar-refractivity contribution in [3.63, 3.8) is 0 Å². The zero-order valence-corrected chi connectivity index (χ0v) is 22.3. The number of furan rings is 1. The number of benzene rings is 2. The monoisotopic (exact) mass is 503 g/mol. The van der Waals surface area contributed by atoms with Gasteiger partial charge in [-0.05, 0) is 75.3 Å². The normalized spacial score (nSPS) is 18.6. The van der Waals surface area contributed by atoms with Gasteiger partial charge < -0.3 is 18.8 Å². The van der Waals surface area contributed by atoms with E-state index >= 15 is 0 Å². The second-order valence-electron chi connectivity index (χ2n) is 10.3. The summed E-state index contributed by atoms with van der Waals surface area (Å²) in [7, 11) is 1.35. The van der Waals surface area contributed by atoms with Crippen molar-refractivity contribution >= 4 is 39.5 Å². The first-order chi connectivity index (χ1) is 17.8. The maximum Gasteiger partial charge on any atom is 0.340 e. The van der Waals surface area contributed by atoms with E-state index in [0.29, 0.717) is 34.9 Å². The minimum atomic E-state index is -0.502. The van der Waals surface area contributed by atoms with Crippen LogP contribution in [0.1, 0.15) is 68.5 Å². The van der Waals surface area contributed by atoms with E-state index in [0.717, 1.165) is 42.0 Å². The Kier molecular flexibility index (Phi) is 8.18. The van der Waals surface area contributed by atoms with Crippen LogP contribution in [0.3, 0.4) is 0 Å². The molecule has 1 aromatic heterocycles. The third kappa shape index (κ3) is 5.35. The zero-order chi connectivity index (χ0) is 26.7. The maximum absolute atomic E-state index is 13.8. The molecule has 1 heterocycles. The van der Waals surface area contributed by atoms with Crippen LogP contribution in [0.2, 0.25) is 0 Å². The number of nitrogens with zero attached hydrogens (tertiary/aromatic N) is 1. The molecule has 0 saturated heterocycles. The lowest BCUT2D eigenvalue weighted by Gasteiger charge is -2.34. The second-order valence-corrected chi connectivity index (χ2v) is 10.3. The molecule has 1 atom stereocenters. The number of amides is 1. The highest BCUT2D eigenvalue weighted by atomic mass is 16.5. The molecule has 1 unspecified atom stereocenters. The van der Waals surface area contributed by atoms with Crippen LogP contribution in [0.4, 0.5) is 5.69 Å². The summed E-state index contributed by atoms with van der Waals surface area (Å²) in [6.07, 6.45) is 6.96. The van der Waals surface area contributed by atoms with Crippen LogP contribution in [0.5, 0.6) is 0 Å². The minimum Gasteiger partial charge on any atom is -0.465 e. The average Bonchev–Trinajstić information content (AvgIpc) is 3.25. The van der Waals surface area contributed by atoms with Crippen molar-refractivity contribution in [2.24, 2.45) is 11.8 Å². The molecule has 37 heavy (non-hydrogen) atoms. The van der Waals surface area contributed by atoms with Gasteiger partial charge in [0.05, 0.1) is 25.0 Å². The number of carbonyl (C=O) groups is 2. The molecule has 6 nitrogen and oxygen atoms in total. The summed E-state index contributed by atoms with van der Waals surface area (Å²) in [5.41, 5.74) is 3.04. The molecule has 0 spiro atoms. The Morgan fingerprint density at radius 1 is 1.08 bits per heavy atom. The van der Waals surface area contributed by atoms with E-state index < -0.39 is 5.97 Å². The molecule has 196 valence electrons. The van der Waals surface area contributed by atoms with E-state index in [-0.39, 0.29) is 24.0 Å². The summed E-state index contributed by atoms with van der Waals surface area (Å²) >= 11 is 0. The second kappa shape index (κ2) is 11.3. The highest BCUT2D eigenvalue weighted by Gasteiger charge is 2.33. The van der Waals surface area contributed by atoms with E-state index in [1.807, 2.05) is 38.1 Å². The molecular formula is C31H37NO5. The molecule has 1 aliphatic rings. The fourth-order valence-electron chi connectivity index (χ4n) is 5.31. The summed E-state index contributed by atoms with van der Waals surface area (Å²) < 4.78 is 17.1. The molecule has 0 aliphatic heterocycles. The van der Waals surface area contributed by atoms with E-state index in [1.165, 1.54) is 7.11 Å². The van der Waals surface area contributed by atoms with Crippen LogP contribution in [0.25, 0.3) is 21.9 Å². The van der Waals surface area contributed by atoms with Gasteiger partial charge in [0.15, 0.2) is 0 Å². The molecule has 6 heteroatoms. The number of ether oxygens (including phenoxy) is 2. The molecule has 0 bridgehead atoms. The number of fused-ring (bicyclic) bond motifs is 3. The van der Waals surface area contributed by atoms with Crippen LogP contribution in [-0.4, -0.2) is 31.6 Å². The van der Waals surface area contributed by atoms with Crippen LogP contribution in [0, 0.1) is 11.8 Å². The van der Waals surface area contributed by atoms with Crippen LogP contribution in [0.15, 0.2) is 60.1 Å². The van der Waals surface area contributed by atoms with Crippen molar-refractivity contribution < 1.29 is 23.5 Å². The lowest BCUT2D eigenvalue weighted by atomic mass is 9.82. The summed E-state index contributed by atoms with van der Waals surface area (Å²) in [5.74, 6) is 0.144. The first-order valence-electron chi connectivity index (χ1n) is 13.1. The van der Waals surface area contributed by atoms with Crippen molar-refractivity contribution in [1.82, 2.24) is 0 Å². The topological polar surface area (TPSA) is 69.0 Å². The van der Waals surface area contributed by atoms with Gasteiger partial charge in [0.1, 0.15) is 17.3 Å². The fourth-order valence-corrected chi connectivity index (χ4v) is 5.31. The Morgan fingerprint density at radius 2 is 1.78 bits per heavy atom. The molecule has 0 radical (unpaired) electrons. The summed E-state index contributed by atoms with van der Waals surface area (Å²) in [6, 6.07) is 9.30. The van der Waals surface area contributed by atoms with Gasteiger partial charge in [0, 0.05) is 22.7 Å². The van der Waals surface area contributed by atoms with Gasteiger partial charge in [0.2, 0.25) is 5.91 Å². The van der Waals surface area contributed by atoms with Crippen LogP contribution >= 0.6 is 0 Å². The zero-order valence-electron chi connectivity index (χ0n) is 22.3. The van der Waals surface area contributed by atoms with Crippen molar-refractivity contribution in [2.75, 3.05) is 18.6 Å². The van der Waals surface area contributed by atoms with Crippen LogP contribution in [-0.2, 0) is 14.3 Å². The average molecular weight is 504 g/mol. The number of carbonyl (C=O) groups excluding carboxylic acids is 2. The van der Waals surface area contributed by atoms with Gasteiger partial charge in [-0.25, -0.2) is 4.79 Å². The number of esters is 1. The number of methoxy groups -OCH3 is 1. The smallest absolute Gasteiger partial charge is 0.340 e. The standard InChI is InChI=1S/C31H37NO5/c1-7-15-36-27(8-2)22-13-14-28-23(16-22)24-17-26(25(31(34)35-6)18-29(24)37-28)32(19(3)4)30(33)21-11-9-20(5)10-12-21/h7-8,13-14,16-21,27H,1-2,9-12,15H2,3-6H3. The van der Waals surface area contributed by atoms with E-state index in [4.69, 9.17) is 13.9 Å². The molecule has 4 rings (SSSR count). The van der Waals surface area contributed by atoms with E-state index in [1.54, 1.807) is 23.1 Å². The SMILES string of the molecule is C=CCOC(C=C)c1ccc2oc3cc(C(=O)OC)c(N(C(=O)C4CCC(C)CC4)C(C)C)cc3c2c1. The van der Waals surface area contributed by atoms with Gasteiger partial charge in [0.25, 0.3) is 0 Å². The van der Waals surface area contributed by atoms with Gasteiger partial charge in [-0.15, -0.1) is 13.2 Å². The molecule has 1 amide bonds. The van der Waals surface area contributed by atoms with Crippen molar-refractivity contribution in [2.45, 2.75) is 58.6 Å². The molecule has 2 aromatic carbocycles. The Balaban J connectivity index is 1.86. The predicted octanol–water partition coefficient (Wildman–Crippen LogP) is 7.37. The third-order valence-corrected chi connectivity index (χ3v) is 7.33. The molecular weight excluding hydrogens is 466 g/mol. The van der Waals surface area contributed by atoms with E-state index in [9.17, 15) is 9.59 Å². The number of hydrogen-bond acceptors (Lipinski definition) is 5. The summed E-state index contributed by atoms with van der Waals surface area (Å²) in [5, 5.41) is 1.70. The van der Waals surface area contributed by atoms with Gasteiger partial charge >= 0.3 is 5.97 Å². The summed E-state index contributed by atoms with van der Waals surface area (Å²) in [6.45, 7) is 14.2. The molecule has 1 aliphatic carbocycles.